The molecule has 0 amide bonds. The van der Waals surface area contributed by atoms with Crippen molar-refractivity contribution in [1.29, 1.82) is 0 Å². The van der Waals surface area contributed by atoms with Gasteiger partial charge in [-0.3, -0.25) is 0 Å². The molecule has 2 aromatic carbocycles. The molecule has 0 unspecified atom stereocenters. The maximum atomic E-state index is 12.4. The molecule has 0 bridgehead atoms. The third kappa shape index (κ3) is 3.10. The lowest BCUT2D eigenvalue weighted by Gasteiger charge is -2.32. The second-order valence-corrected chi connectivity index (χ2v) is 7.21. The van der Waals surface area contributed by atoms with E-state index in [0.29, 0.717) is 11.0 Å². The summed E-state index contributed by atoms with van der Waals surface area (Å²) >= 11 is 0. The second-order valence-electron chi connectivity index (χ2n) is 7.21. The van der Waals surface area contributed by atoms with Crippen LogP contribution < -0.4 is 5.46 Å². The van der Waals surface area contributed by atoms with E-state index in [4.69, 9.17) is 14.0 Å². The van der Waals surface area contributed by atoms with Crippen molar-refractivity contribution in [2.75, 3.05) is 7.11 Å². The van der Waals surface area contributed by atoms with Gasteiger partial charge in [-0.05, 0) is 44.9 Å². The lowest BCUT2D eigenvalue weighted by Crippen LogP contribution is -2.41. The molecule has 0 aliphatic carbocycles. The van der Waals surface area contributed by atoms with E-state index >= 15 is 0 Å². The monoisotopic (exact) mass is 338 g/mol. The molecule has 3 rings (SSSR count). The standard InChI is InChI=1S/C20H23BO4/c1-19(2)20(3,4)25-21(24-19)17-15(14-10-7-6-8-11-14)12-9-13-16(17)18(22)23-5/h6-13H,1-5H3. The molecule has 0 aromatic heterocycles. The smallest absolute Gasteiger partial charge is 0.465 e. The Hall–Kier alpha value is -2.11. The fourth-order valence-electron chi connectivity index (χ4n) is 2.94. The molecular formula is C20H23BO4. The minimum absolute atomic E-state index is 0.400. The highest BCUT2D eigenvalue weighted by molar-refractivity contribution is 6.65. The van der Waals surface area contributed by atoms with E-state index in [2.05, 4.69) is 0 Å². The Morgan fingerprint density at radius 3 is 2.08 bits per heavy atom. The van der Waals surface area contributed by atoms with Gasteiger partial charge >= 0.3 is 13.1 Å². The van der Waals surface area contributed by atoms with Crippen molar-refractivity contribution in [3.8, 4) is 11.1 Å². The van der Waals surface area contributed by atoms with E-state index in [9.17, 15) is 4.79 Å². The molecule has 1 heterocycles. The molecule has 0 atom stereocenters. The van der Waals surface area contributed by atoms with Crippen molar-refractivity contribution in [3.63, 3.8) is 0 Å². The van der Waals surface area contributed by atoms with Gasteiger partial charge in [0, 0.05) is 5.46 Å². The summed E-state index contributed by atoms with van der Waals surface area (Å²) in [6.45, 7) is 7.98. The first-order valence-corrected chi connectivity index (χ1v) is 8.39. The SMILES string of the molecule is COC(=O)c1cccc(-c2ccccc2)c1B1OC(C)(C)C(C)(C)O1. The van der Waals surface area contributed by atoms with Crippen LogP contribution >= 0.6 is 0 Å². The van der Waals surface area contributed by atoms with Crippen molar-refractivity contribution in [3.05, 3.63) is 54.1 Å². The van der Waals surface area contributed by atoms with Crippen LogP contribution in [0.1, 0.15) is 38.1 Å². The molecule has 1 fully saturated rings. The second kappa shape index (κ2) is 6.32. The molecule has 1 aliphatic heterocycles. The number of ether oxygens (including phenoxy) is 1. The highest BCUT2D eigenvalue weighted by Crippen LogP contribution is 2.37. The minimum atomic E-state index is -0.643. The van der Waals surface area contributed by atoms with Gasteiger partial charge in [-0.2, -0.15) is 0 Å². The van der Waals surface area contributed by atoms with Crippen LogP contribution in [0.2, 0.25) is 0 Å². The van der Waals surface area contributed by atoms with Crippen LogP contribution in [-0.4, -0.2) is 31.4 Å². The summed E-state index contributed by atoms with van der Waals surface area (Å²) in [5.41, 5.74) is 2.09. The fraction of sp³-hybridized carbons (Fsp3) is 0.350. The Bertz CT molecular complexity index is 768. The van der Waals surface area contributed by atoms with Gasteiger partial charge in [0.15, 0.2) is 0 Å². The van der Waals surface area contributed by atoms with Crippen LogP contribution in [0.15, 0.2) is 48.5 Å². The summed E-state index contributed by atoms with van der Waals surface area (Å²) in [5, 5.41) is 0. The summed E-state index contributed by atoms with van der Waals surface area (Å²) < 4.78 is 17.4. The lowest BCUT2D eigenvalue weighted by atomic mass is 9.71. The Morgan fingerprint density at radius 1 is 0.920 bits per heavy atom. The molecule has 2 aromatic rings. The van der Waals surface area contributed by atoms with E-state index < -0.39 is 24.3 Å². The third-order valence-corrected chi connectivity index (χ3v) is 5.09. The minimum Gasteiger partial charge on any atom is -0.465 e. The zero-order valence-electron chi connectivity index (χ0n) is 15.3. The van der Waals surface area contributed by atoms with Crippen molar-refractivity contribution in [1.82, 2.24) is 0 Å². The number of hydrogen-bond acceptors (Lipinski definition) is 4. The van der Waals surface area contributed by atoms with Gasteiger partial charge in [0.2, 0.25) is 0 Å². The molecule has 1 aliphatic rings. The summed E-state index contributed by atoms with van der Waals surface area (Å²) in [4.78, 5) is 12.4. The first kappa shape index (κ1) is 17.7. The number of esters is 1. The van der Waals surface area contributed by atoms with Gasteiger partial charge in [0.1, 0.15) is 0 Å². The maximum Gasteiger partial charge on any atom is 0.496 e. The van der Waals surface area contributed by atoms with Gasteiger partial charge < -0.3 is 14.0 Å². The Kier molecular flexibility index (Phi) is 4.48. The molecule has 0 saturated carbocycles. The number of methoxy groups -OCH3 is 1. The maximum absolute atomic E-state index is 12.4. The molecule has 0 N–H and O–H groups in total. The summed E-state index contributed by atoms with van der Waals surface area (Å²) in [7, 11) is 0.737. The van der Waals surface area contributed by atoms with E-state index in [1.54, 1.807) is 6.07 Å². The highest BCUT2D eigenvalue weighted by Gasteiger charge is 2.53. The molecule has 130 valence electrons. The van der Waals surface area contributed by atoms with Crippen molar-refractivity contribution < 1.29 is 18.8 Å². The van der Waals surface area contributed by atoms with E-state index in [1.807, 2.05) is 70.2 Å². The average Bonchev–Trinajstić information content (AvgIpc) is 2.81. The van der Waals surface area contributed by atoms with Crippen LogP contribution in [0.3, 0.4) is 0 Å². The zero-order valence-corrected chi connectivity index (χ0v) is 15.3. The van der Waals surface area contributed by atoms with Gasteiger partial charge in [0.25, 0.3) is 0 Å². The number of hydrogen-bond donors (Lipinski definition) is 0. The van der Waals surface area contributed by atoms with E-state index in [-0.39, 0.29) is 0 Å². The topological polar surface area (TPSA) is 44.8 Å². The van der Waals surface area contributed by atoms with Crippen molar-refractivity contribution in [2.45, 2.75) is 38.9 Å². The quantitative estimate of drug-likeness (QED) is 0.635. The van der Waals surface area contributed by atoms with Crippen LogP contribution in [0.4, 0.5) is 0 Å². The number of carbonyl (C=O) groups is 1. The Balaban J connectivity index is 2.18. The number of rotatable bonds is 3. The van der Waals surface area contributed by atoms with Crippen molar-refractivity contribution in [2.24, 2.45) is 0 Å². The van der Waals surface area contributed by atoms with Crippen molar-refractivity contribution >= 4 is 18.6 Å². The molecule has 5 heteroatoms. The highest BCUT2D eigenvalue weighted by atomic mass is 16.7. The van der Waals surface area contributed by atoms with Crippen LogP contribution in [0.25, 0.3) is 11.1 Å². The third-order valence-electron chi connectivity index (χ3n) is 5.09. The predicted molar refractivity (Wildman–Crippen MR) is 98.9 cm³/mol. The van der Waals surface area contributed by atoms with Gasteiger partial charge in [0.05, 0.1) is 23.9 Å². The lowest BCUT2D eigenvalue weighted by molar-refractivity contribution is 0.00578. The van der Waals surface area contributed by atoms with Gasteiger partial charge in [-0.25, -0.2) is 4.79 Å². The fourth-order valence-corrected chi connectivity index (χ4v) is 2.94. The molecule has 25 heavy (non-hydrogen) atoms. The first-order valence-electron chi connectivity index (χ1n) is 8.39. The Morgan fingerprint density at radius 2 is 1.52 bits per heavy atom. The van der Waals surface area contributed by atoms with Crippen LogP contribution in [0, 0.1) is 0 Å². The number of benzene rings is 2. The summed E-state index contributed by atoms with van der Waals surface area (Å²) in [5.74, 6) is -0.400. The number of carbonyl (C=O) groups excluding carboxylic acids is 1. The molecule has 4 nitrogen and oxygen atoms in total. The normalized spacial score (nSPS) is 18.2. The predicted octanol–water partition coefficient (Wildman–Crippen LogP) is 3.44. The van der Waals surface area contributed by atoms with Gasteiger partial charge in [-0.1, -0.05) is 42.5 Å². The van der Waals surface area contributed by atoms with Gasteiger partial charge in [-0.15, -0.1) is 0 Å². The summed E-state index contributed by atoms with van der Waals surface area (Å²) in [6, 6.07) is 15.5. The average molecular weight is 338 g/mol. The molecule has 0 radical (unpaired) electrons. The molecule has 1 saturated heterocycles. The first-order chi connectivity index (χ1) is 11.8. The largest absolute Gasteiger partial charge is 0.496 e. The molecular weight excluding hydrogens is 315 g/mol. The van der Waals surface area contributed by atoms with Crippen LogP contribution in [-0.2, 0) is 14.0 Å². The zero-order chi connectivity index (χ0) is 18.2. The Labute approximate surface area is 149 Å². The molecule has 0 spiro atoms. The van der Waals surface area contributed by atoms with Crippen LogP contribution in [0.5, 0.6) is 0 Å². The van der Waals surface area contributed by atoms with E-state index in [1.165, 1.54) is 7.11 Å². The van der Waals surface area contributed by atoms with E-state index in [0.717, 1.165) is 11.1 Å². The summed E-state index contributed by atoms with van der Waals surface area (Å²) in [6.07, 6.45) is 0.